The zero-order valence-corrected chi connectivity index (χ0v) is 19.8. The number of amides is 1. The van der Waals surface area contributed by atoms with Crippen molar-refractivity contribution in [2.75, 3.05) is 18.6 Å². The highest BCUT2D eigenvalue weighted by Crippen LogP contribution is 2.46. The van der Waals surface area contributed by atoms with Crippen molar-refractivity contribution in [3.05, 3.63) is 77.6 Å². The van der Waals surface area contributed by atoms with Crippen molar-refractivity contribution >= 4 is 34.3 Å². The maximum atomic E-state index is 12.8. The molecule has 0 radical (unpaired) electrons. The number of H-pyrrole nitrogens is 1. The SMILES string of the molecule is CC(=O)NC(Cc1c[nH]c2ccccc12)C(=O)OCC(=O)/C=C1\N(C)c2ccccc2C1(C)C. The van der Waals surface area contributed by atoms with Crippen LogP contribution in [0.15, 0.2) is 66.5 Å². The number of carbonyl (C=O) groups is 3. The summed E-state index contributed by atoms with van der Waals surface area (Å²) in [5, 5.41) is 3.62. The Morgan fingerprint density at radius 2 is 1.82 bits per heavy atom. The van der Waals surface area contributed by atoms with E-state index in [4.69, 9.17) is 4.74 Å². The molecular formula is C27H29N3O4. The lowest BCUT2D eigenvalue weighted by Gasteiger charge is -2.24. The summed E-state index contributed by atoms with van der Waals surface area (Å²) in [6.07, 6.45) is 3.61. The van der Waals surface area contributed by atoms with Gasteiger partial charge in [0.15, 0.2) is 12.4 Å². The first kappa shape index (κ1) is 23.3. The Morgan fingerprint density at radius 1 is 1.12 bits per heavy atom. The van der Waals surface area contributed by atoms with Crippen LogP contribution in [0.1, 0.15) is 31.9 Å². The van der Waals surface area contributed by atoms with Crippen molar-refractivity contribution in [2.45, 2.75) is 38.6 Å². The lowest BCUT2D eigenvalue weighted by molar-refractivity contribution is -0.150. The number of hydrogen-bond acceptors (Lipinski definition) is 5. The van der Waals surface area contributed by atoms with Gasteiger partial charge in [0.25, 0.3) is 0 Å². The predicted molar refractivity (Wildman–Crippen MR) is 132 cm³/mol. The summed E-state index contributed by atoms with van der Waals surface area (Å²) in [6.45, 7) is 5.08. The standard InChI is InChI=1S/C27H29N3O4/c1-17(31)29-23(13-18-15-28-22-11-7-5-9-20(18)22)26(33)34-16-19(32)14-25-27(2,3)21-10-6-8-12-24(21)30(25)4/h5-12,14-15,23,28H,13,16H2,1-4H3,(H,29,31)/b25-14-. The lowest BCUT2D eigenvalue weighted by Crippen LogP contribution is -2.42. The topological polar surface area (TPSA) is 91.5 Å². The number of rotatable bonds is 7. The first-order chi connectivity index (χ1) is 16.2. The number of benzene rings is 2. The van der Waals surface area contributed by atoms with Crippen molar-refractivity contribution in [2.24, 2.45) is 0 Å². The van der Waals surface area contributed by atoms with Gasteiger partial charge in [-0.2, -0.15) is 0 Å². The number of ether oxygens (including phenoxy) is 1. The third kappa shape index (κ3) is 4.46. The van der Waals surface area contributed by atoms with Crippen molar-refractivity contribution in [1.29, 1.82) is 0 Å². The molecule has 0 saturated carbocycles. The Bertz CT molecular complexity index is 1290. The van der Waals surface area contributed by atoms with Gasteiger partial charge in [-0.1, -0.05) is 50.2 Å². The van der Waals surface area contributed by atoms with Gasteiger partial charge in [0.05, 0.1) is 0 Å². The van der Waals surface area contributed by atoms with Crippen LogP contribution in [0.5, 0.6) is 0 Å². The highest BCUT2D eigenvalue weighted by Gasteiger charge is 2.38. The Balaban J connectivity index is 1.45. The molecule has 0 fully saturated rings. The second-order valence-electron chi connectivity index (χ2n) is 9.12. The zero-order chi connectivity index (χ0) is 24.5. The molecule has 1 amide bonds. The average Bonchev–Trinajstić information content (AvgIpc) is 3.29. The first-order valence-electron chi connectivity index (χ1n) is 11.3. The van der Waals surface area contributed by atoms with Crippen LogP contribution >= 0.6 is 0 Å². The fourth-order valence-corrected chi connectivity index (χ4v) is 4.65. The molecule has 4 rings (SSSR count). The van der Waals surface area contributed by atoms with E-state index in [0.717, 1.165) is 33.4 Å². The van der Waals surface area contributed by atoms with Gasteiger partial charge < -0.3 is 19.9 Å². The van der Waals surface area contributed by atoms with Crippen molar-refractivity contribution in [3.63, 3.8) is 0 Å². The molecule has 176 valence electrons. The number of para-hydroxylation sites is 2. The quantitative estimate of drug-likeness (QED) is 0.416. The highest BCUT2D eigenvalue weighted by atomic mass is 16.5. The van der Waals surface area contributed by atoms with Gasteiger partial charge in [-0.25, -0.2) is 4.79 Å². The number of allylic oxidation sites excluding steroid dienone is 1. The van der Waals surface area contributed by atoms with Crippen LogP contribution in [0.3, 0.4) is 0 Å². The van der Waals surface area contributed by atoms with E-state index in [1.165, 1.54) is 6.92 Å². The minimum absolute atomic E-state index is 0.253. The normalized spacial score (nSPS) is 16.4. The Kier molecular flexibility index (Phi) is 6.28. The predicted octanol–water partition coefficient (Wildman–Crippen LogP) is 3.64. The zero-order valence-electron chi connectivity index (χ0n) is 19.8. The summed E-state index contributed by atoms with van der Waals surface area (Å²) in [5.41, 5.74) is 4.50. The van der Waals surface area contributed by atoms with Crippen LogP contribution in [0.25, 0.3) is 10.9 Å². The number of nitrogens with one attached hydrogen (secondary N) is 2. The molecular weight excluding hydrogens is 430 g/mol. The number of aromatic amines is 1. The van der Waals surface area contributed by atoms with E-state index in [-0.39, 0.29) is 23.5 Å². The molecule has 2 heterocycles. The summed E-state index contributed by atoms with van der Waals surface area (Å²) < 4.78 is 5.34. The molecule has 1 unspecified atom stereocenters. The second-order valence-corrected chi connectivity index (χ2v) is 9.12. The van der Waals surface area contributed by atoms with E-state index in [1.807, 2.05) is 60.6 Å². The van der Waals surface area contributed by atoms with Crippen LogP contribution < -0.4 is 10.2 Å². The van der Waals surface area contributed by atoms with Crippen molar-refractivity contribution < 1.29 is 19.1 Å². The fraction of sp³-hybridized carbons (Fsp3) is 0.296. The third-order valence-corrected chi connectivity index (χ3v) is 6.36. The van der Waals surface area contributed by atoms with E-state index >= 15 is 0 Å². The lowest BCUT2D eigenvalue weighted by atomic mass is 9.83. The van der Waals surface area contributed by atoms with Gasteiger partial charge in [0.2, 0.25) is 5.91 Å². The van der Waals surface area contributed by atoms with Gasteiger partial charge in [0.1, 0.15) is 6.04 Å². The Labute approximate surface area is 198 Å². The number of aromatic nitrogens is 1. The molecule has 1 aliphatic rings. The largest absolute Gasteiger partial charge is 0.456 e. The molecule has 1 aromatic heterocycles. The number of nitrogens with zero attached hydrogens (tertiary/aromatic N) is 1. The van der Waals surface area contributed by atoms with E-state index in [2.05, 4.69) is 30.2 Å². The number of esters is 1. The molecule has 7 nitrogen and oxygen atoms in total. The minimum atomic E-state index is -0.896. The number of hydrogen-bond donors (Lipinski definition) is 2. The smallest absolute Gasteiger partial charge is 0.329 e. The molecule has 7 heteroatoms. The van der Waals surface area contributed by atoms with E-state index in [1.54, 1.807) is 6.08 Å². The van der Waals surface area contributed by atoms with E-state index < -0.39 is 18.6 Å². The molecule has 0 spiro atoms. The van der Waals surface area contributed by atoms with Crippen LogP contribution in [0.4, 0.5) is 5.69 Å². The highest BCUT2D eigenvalue weighted by molar-refractivity contribution is 5.95. The minimum Gasteiger partial charge on any atom is -0.456 e. The third-order valence-electron chi connectivity index (χ3n) is 6.36. The molecule has 1 atom stereocenters. The number of anilines is 1. The first-order valence-corrected chi connectivity index (χ1v) is 11.3. The monoisotopic (exact) mass is 459 g/mol. The average molecular weight is 460 g/mol. The number of ketones is 1. The van der Waals surface area contributed by atoms with Gasteiger partial charge in [-0.05, 0) is 23.3 Å². The summed E-state index contributed by atoms with van der Waals surface area (Å²) in [5.74, 6) is -1.30. The molecule has 1 aliphatic heterocycles. The molecule has 2 N–H and O–H groups in total. The van der Waals surface area contributed by atoms with Gasteiger partial charge >= 0.3 is 5.97 Å². The van der Waals surface area contributed by atoms with Crippen LogP contribution in [-0.2, 0) is 31.0 Å². The van der Waals surface area contributed by atoms with Crippen molar-refractivity contribution in [1.82, 2.24) is 10.3 Å². The number of likely N-dealkylation sites (N-methyl/N-ethyl adjacent to an activating group) is 1. The molecule has 3 aromatic rings. The van der Waals surface area contributed by atoms with E-state index in [9.17, 15) is 14.4 Å². The van der Waals surface area contributed by atoms with Crippen LogP contribution in [0.2, 0.25) is 0 Å². The summed E-state index contributed by atoms with van der Waals surface area (Å²) in [7, 11) is 1.92. The molecule has 0 aliphatic carbocycles. The van der Waals surface area contributed by atoms with Gasteiger partial charge in [-0.15, -0.1) is 0 Å². The van der Waals surface area contributed by atoms with Gasteiger partial charge in [-0.3, -0.25) is 9.59 Å². The van der Waals surface area contributed by atoms with E-state index in [0.29, 0.717) is 0 Å². The fourth-order valence-electron chi connectivity index (χ4n) is 4.65. The summed E-state index contributed by atoms with van der Waals surface area (Å²) >= 11 is 0. The molecule has 2 aromatic carbocycles. The Hall–Kier alpha value is -3.87. The molecule has 0 bridgehead atoms. The number of fused-ring (bicyclic) bond motifs is 2. The molecule has 0 saturated heterocycles. The maximum absolute atomic E-state index is 12.8. The summed E-state index contributed by atoms with van der Waals surface area (Å²) in [4.78, 5) is 42.5. The van der Waals surface area contributed by atoms with Gasteiger partial charge in [0, 0.05) is 60.4 Å². The van der Waals surface area contributed by atoms with Crippen LogP contribution in [-0.4, -0.2) is 42.3 Å². The number of carbonyl (C=O) groups excluding carboxylic acids is 3. The summed E-state index contributed by atoms with van der Waals surface area (Å²) in [6, 6.07) is 14.9. The molecule has 34 heavy (non-hydrogen) atoms. The maximum Gasteiger partial charge on any atom is 0.329 e. The Morgan fingerprint density at radius 3 is 2.56 bits per heavy atom. The van der Waals surface area contributed by atoms with Crippen molar-refractivity contribution in [3.8, 4) is 0 Å². The van der Waals surface area contributed by atoms with Crippen LogP contribution in [0, 0.1) is 0 Å². The second kappa shape index (κ2) is 9.17.